The molecule has 0 saturated carbocycles. The summed E-state index contributed by atoms with van der Waals surface area (Å²) < 4.78 is 0.442. The van der Waals surface area contributed by atoms with Gasteiger partial charge in [0.05, 0.1) is 0 Å². The van der Waals surface area contributed by atoms with Crippen LogP contribution in [0.3, 0.4) is 0 Å². The lowest BCUT2D eigenvalue weighted by Gasteiger charge is -2.26. The van der Waals surface area contributed by atoms with E-state index in [4.69, 9.17) is 0 Å². The molecule has 2 nitrogen and oxygen atoms in total. The number of nitrogens with one attached hydrogen (secondary N) is 1. The van der Waals surface area contributed by atoms with Crippen LogP contribution in [0.5, 0.6) is 0 Å². The number of hydrogen-bond donors (Lipinski definition) is 1. The molecule has 1 fully saturated rings. The second-order valence-electron chi connectivity index (χ2n) is 5.99. The third-order valence-corrected chi connectivity index (χ3v) is 5.53. The van der Waals surface area contributed by atoms with Crippen molar-refractivity contribution in [3.8, 4) is 0 Å². The van der Waals surface area contributed by atoms with Gasteiger partial charge >= 0.3 is 0 Å². The van der Waals surface area contributed by atoms with Gasteiger partial charge in [-0.15, -0.1) is 0 Å². The van der Waals surface area contributed by atoms with Crippen molar-refractivity contribution in [1.29, 1.82) is 0 Å². The zero-order chi connectivity index (χ0) is 13.9. The Morgan fingerprint density at radius 1 is 1.32 bits per heavy atom. The first-order valence-corrected chi connectivity index (χ1v) is 8.13. The highest BCUT2D eigenvalue weighted by Crippen LogP contribution is 2.37. The topological polar surface area (TPSA) is 15.3 Å². The van der Waals surface area contributed by atoms with Crippen molar-refractivity contribution in [1.82, 2.24) is 5.32 Å². The van der Waals surface area contributed by atoms with E-state index in [0.717, 1.165) is 6.54 Å². The fraction of sp³-hybridized carbons (Fsp3) is 0.625. The van der Waals surface area contributed by atoms with E-state index in [1.165, 1.54) is 29.8 Å². The molecule has 2 rings (SSSR count). The summed E-state index contributed by atoms with van der Waals surface area (Å²) in [6.07, 6.45) is 2.71. The van der Waals surface area contributed by atoms with E-state index < -0.39 is 0 Å². The molecule has 2 atom stereocenters. The largest absolute Gasteiger partial charge is 0.378 e. The van der Waals surface area contributed by atoms with Crippen molar-refractivity contribution in [3.63, 3.8) is 0 Å². The Hall–Kier alpha value is -0.670. The van der Waals surface area contributed by atoms with Gasteiger partial charge in [-0.1, -0.05) is 12.1 Å². The third-order valence-electron chi connectivity index (χ3n) is 3.99. The van der Waals surface area contributed by atoms with Gasteiger partial charge in [-0.25, -0.2) is 0 Å². The van der Waals surface area contributed by atoms with Crippen molar-refractivity contribution in [3.05, 3.63) is 29.8 Å². The number of nitrogens with zero attached hydrogens (tertiary/aromatic N) is 1. The molecule has 1 aromatic carbocycles. The van der Waals surface area contributed by atoms with Crippen LogP contribution in [0.25, 0.3) is 0 Å². The summed E-state index contributed by atoms with van der Waals surface area (Å²) in [4.78, 5) is 2.14. The minimum Gasteiger partial charge on any atom is -0.378 e. The fourth-order valence-corrected chi connectivity index (χ4v) is 3.78. The smallest absolute Gasteiger partial charge is 0.0361 e. The SMILES string of the molecule is CC(NCC1(C)CCCS1)c1ccc(N(C)C)cc1. The highest BCUT2D eigenvalue weighted by Gasteiger charge is 2.29. The van der Waals surface area contributed by atoms with Gasteiger partial charge in [0.25, 0.3) is 0 Å². The lowest BCUT2D eigenvalue weighted by atomic mass is 10.0. The monoisotopic (exact) mass is 278 g/mol. The van der Waals surface area contributed by atoms with E-state index in [1.807, 2.05) is 0 Å². The molecule has 0 amide bonds. The molecule has 3 heteroatoms. The summed E-state index contributed by atoms with van der Waals surface area (Å²) in [5.74, 6) is 1.32. The molecule has 0 bridgehead atoms. The number of thioether (sulfide) groups is 1. The minimum atomic E-state index is 0.425. The van der Waals surface area contributed by atoms with E-state index in [1.54, 1.807) is 0 Å². The maximum absolute atomic E-state index is 3.70. The van der Waals surface area contributed by atoms with Crippen LogP contribution in [0.15, 0.2) is 24.3 Å². The first-order chi connectivity index (χ1) is 9.00. The van der Waals surface area contributed by atoms with E-state index >= 15 is 0 Å². The zero-order valence-corrected chi connectivity index (χ0v) is 13.4. The van der Waals surface area contributed by atoms with Crippen LogP contribution in [0.2, 0.25) is 0 Å². The van der Waals surface area contributed by atoms with Crippen molar-refractivity contribution < 1.29 is 0 Å². The Balaban J connectivity index is 1.90. The molecular weight excluding hydrogens is 252 g/mol. The Morgan fingerprint density at radius 3 is 2.53 bits per heavy atom. The lowest BCUT2D eigenvalue weighted by molar-refractivity contribution is 0.490. The van der Waals surface area contributed by atoms with Gasteiger partial charge in [-0.3, -0.25) is 0 Å². The molecule has 2 unspecified atom stereocenters. The highest BCUT2D eigenvalue weighted by molar-refractivity contribution is 8.00. The van der Waals surface area contributed by atoms with Crippen LogP contribution in [0.1, 0.15) is 38.3 Å². The van der Waals surface area contributed by atoms with Crippen LogP contribution in [0.4, 0.5) is 5.69 Å². The van der Waals surface area contributed by atoms with Gasteiger partial charge < -0.3 is 10.2 Å². The first kappa shape index (κ1) is 14.7. The minimum absolute atomic E-state index is 0.425. The van der Waals surface area contributed by atoms with E-state index in [0.29, 0.717) is 10.8 Å². The molecule has 1 aliphatic rings. The standard InChI is InChI=1S/C16H26N2S/c1-13(17-12-16(2)10-5-11-19-16)14-6-8-15(9-7-14)18(3)4/h6-9,13,17H,5,10-12H2,1-4H3. The van der Waals surface area contributed by atoms with E-state index in [9.17, 15) is 0 Å². The highest BCUT2D eigenvalue weighted by atomic mass is 32.2. The summed E-state index contributed by atoms with van der Waals surface area (Å²) in [5, 5.41) is 3.70. The molecule has 1 aromatic rings. The number of anilines is 1. The van der Waals surface area contributed by atoms with Crippen LogP contribution >= 0.6 is 11.8 Å². The van der Waals surface area contributed by atoms with Crippen molar-refractivity contribution in [2.75, 3.05) is 31.3 Å². The molecule has 19 heavy (non-hydrogen) atoms. The average Bonchev–Trinajstić information content (AvgIpc) is 2.83. The summed E-state index contributed by atoms with van der Waals surface area (Å²) in [5.41, 5.74) is 2.63. The normalized spacial score (nSPS) is 24.4. The van der Waals surface area contributed by atoms with E-state index in [2.05, 4.69) is 74.2 Å². The molecule has 0 spiro atoms. The number of rotatable bonds is 5. The molecule has 1 heterocycles. The van der Waals surface area contributed by atoms with Crippen LogP contribution in [-0.2, 0) is 0 Å². The Bertz CT molecular complexity index is 394. The zero-order valence-electron chi connectivity index (χ0n) is 12.6. The molecule has 1 aliphatic heterocycles. The fourth-order valence-electron chi connectivity index (χ4n) is 2.52. The lowest BCUT2D eigenvalue weighted by Crippen LogP contribution is -2.34. The Morgan fingerprint density at radius 2 is 2.00 bits per heavy atom. The second-order valence-corrected chi connectivity index (χ2v) is 7.67. The maximum atomic E-state index is 3.70. The number of hydrogen-bond acceptors (Lipinski definition) is 3. The van der Waals surface area contributed by atoms with Gasteiger partial charge in [-0.2, -0.15) is 11.8 Å². The number of benzene rings is 1. The van der Waals surface area contributed by atoms with Gasteiger partial charge in [0.1, 0.15) is 0 Å². The van der Waals surface area contributed by atoms with Crippen LogP contribution in [0, 0.1) is 0 Å². The predicted octanol–water partition coefficient (Wildman–Crippen LogP) is 3.69. The first-order valence-electron chi connectivity index (χ1n) is 7.15. The second kappa shape index (κ2) is 6.19. The Kier molecular flexibility index (Phi) is 4.80. The molecular formula is C16H26N2S. The van der Waals surface area contributed by atoms with Gasteiger partial charge in [-0.05, 0) is 50.1 Å². The molecule has 1 N–H and O–H groups in total. The Labute approximate surface area is 122 Å². The van der Waals surface area contributed by atoms with Crippen molar-refractivity contribution in [2.45, 2.75) is 37.5 Å². The third kappa shape index (κ3) is 3.90. The quantitative estimate of drug-likeness (QED) is 0.884. The average molecular weight is 278 g/mol. The van der Waals surface area contributed by atoms with Crippen LogP contribution in [-0.4, -0.2) is 31.1 Å². The summed E-state index contributed by atoms with van der Waals surface area (Å²) in [6, 6.07) is 9.28. The van der Waals surface area contributed by atoms with Crippen LogP contribution < -0.4 is 10.2 Å². The maximum Gasteiger partial charge on any atom is 0.0361 e. The van der Waals surface area contributed by atoms with Gasteiger partial charge in [0.15, 0.2) is 0 Å². The van der Waals surface area contributed by atoms with E-state index in [-0.39, 0.29) is 0 Å². The molecule has 0 aromatic heterocycles. The molecule has 0 radical (unpaired) electrons. The molecule has 1 saturated heterocycles. The predicted molar refractivity (Wildman–Crippen MR) is 87.3 cm³/mol. The van der Waals surface area contributed by atoms with Crippen molar-refractivity contribution in [2.24, 2.45) is 0 Å². The van der Waals surface area contributed by atoms with Gasteiger partial charge in [0.2, 0.25) is 0 Å². The summed E-state index contributed by atoms with van der Waals surface area (Å²) >= 11 is 2.12. The molecule has 0 aliphatic carbocycles. The molecule has 106 valence electrons. The summed E-state index contributed by atoms with van der Waals surface area (Å²) in [7, 11) is 4.16. The van der Waals surface area contributed by atoms with Gasteiger partial charge in [0, 0.05) is 37.1 Å². The van der Waals surface area contributed by atoms with Crippen molar-refractivity contribution >= 4 is 17.4 Å². The summed E-state index contributed by atoms with van der Waals surface area (Å²) in [6.45, 7) is 5.75.